The average molecular weight is 349 g/mol. The highest BCUT2D eigenvalue weighted by Crippen LogP contribution is 2.27. The summed E-state index contributed by atoms with van der Waals surface area (Å²) in [5.74, 6) is -0.203. The minimum Gasteiger partial charge on any atom is -0.384 e. The third kappa shape index (κ3) is 3.19. The number of anilines is 3. The summed E-state index contributed by atoms with van der Waals surface area (Å²) < 4.78 is 15.8. The highest BCUT2D eigenvalue weighted by molar-refractivity contribution is 5.66. The monoisotopic (exact) mass is 349 g/mol. The molecule has 4 rings (SSSR count). The van der Waals surface area contributed by atoms with Crippen molar-refractivity contribution in [3.8, 4) is 17.3 Å². The molecule has 0 aliphatic carbocycles. The van der Waals surface area contributed by atoms with Crippen molar-refractivity contribution < 1.29 is 4.39 Å². The molecule has 0 saturated heterocycles. The second-order valence-electron chi connectivity index (χ2n) is 5.96. The topological polar surface area (TPSA) is 91.5 Å². The molecule has 1 aliphatic heterocycles. The van der Waals surface area contributed by atoms with E-state index in [-0.39, 0.29) is 5.69 Å². The molecule has 1 aliphatic rings. The van der Waals surface area contributed by atoms with Crippen LogP contribution in [0.4, 0.5) is 21.7 Å². The fourth-order valence-corrected chi connectivity index (χ4v) is 2.91. The van der Waals surface area contributed by atoms with Gasteiger partial charge in [0.2, 0.25) is 5.95 Å². The molecule has 26 heavy (non-hydrogen) atoms. The molecule has 7 nitrogen and oxygen atoms in total. The molecular formula is C18H16FN7. The molecule has 0 amide bonds. The van der Waals surface area contributed by atoms with Gasteiger partial charge in [-0.25, -0.2) is 14.4 Å². The summed E-state index contributed by atoms with van der Waals surface area (Å²) in [6.07, 6.45) is 5.67. The van der Waals surface area contributed by atoms with E-state index < -0.39 is 5.82 Å². The number of nitrogens with zero attached hydrogens (tertiary/aromatic N) is 5. The number of rotatable bonds is 5. The van der Waals surface area contributed by atoms with Crippen LogP contribution < -0.4 is 10.6 Å². The van der Waals surface area contributed by atoms with E-state index in [9.17, 15) is 4.39 Å². The van der Waals surface area contributed by atoms with E-state index in [0.29, 0.717) is 24.5 Å². The molecular weight excluding hydrogens is 333 g/mol. The van der Waals surface area contributed by atoms with Gasteiger partial charge in [-0.2, -0.15) is 10.4 Å². The Labute approximate surface area is 149 Å². The van der Waals surface area contributed by atoms with Gasteiger partial charge in [0.05, 0.1) is 31.4 Å². The lowest BCUT2D eigenvalue weighted by Crippen LogP contribution is -2.01. The minimum atomic E-state index is -0.520. The Balaban J connectivity index is 1.58. The molecule has 2 aromatic heterocycles. The number of fused-ring (bicyclic) bond motifs is 1. The summed E-state index contributed by atoms with van der Waals surface area (Å²) in [7, 11) is 0. The first kappa shape index (κ1) is 16.0. The second-order valence-corrected chi connectivity index (χ2v) is 5.96. The van der Waals surface area contributed by atoms with Crippen molar-refractivity contribution in [2.45, 2.75) is 19.4 Å². The molecule has 0 unspecified atom stereocenters. The molecule has 0 fully saturated rings. The quantitative estimate of drug-likeness (QED) is 0.735. The van der Waals surface area contributed by atoms with Crippen LogP contribution in [0.25, 0.3) is 11.3 Å². The summed E-state index contributed by atoms with van der Waals surface area (Å²) in [5, 5.41) is 19.2. The van der Waals surface area contributed by atoms with Crippen LogP contribution in [0.5, 0.6) is 0 Å². The lowest BCUT2D eigenvalue weighted by atomic mass is 10.1. The number of halogens is 1. The van der Waals surface area contributed by atoms with Gasteiger partial charge < -0.3 is 10.6 Å². The van der Waals surface area contributed by atoms with Crippen LogP contribution in [-0.2, 0) is 13.0 Å². The molecule has 0 spiro atoms. The molecule has 0 radical (unpaired) electrons. The van der Waals surface area contributed by atoms with Gasteiger partial charge in [0, 0.05) is 29.7 Å². The van der Waals surface area contributed by atoms with Crippen LogP contribution in [0.3, 0.4) is 0 Å². The number of aryl methyl sites for hydroxylation is 1. The van der Waals surface area contributed by atoms with Crippen LogP contribution in [0.1, 0.15) is 12.0 Å². The van der Waals surface area contributed by atoms with E-state index in [1.807, 2.05) is 18.2 Å². The SMILES string of the molecule is N#CCCn1cc(-c2nc(Nc3ccc4c(c3)CCN4)ncc2F)cn1. The van der Waals surface area contributed by atoms with Crippen molar-refractivity contribution in [2.24, 2.45) is 0 Å². The Morgan fingerprint density at radius 2 is 2.27 bits per heavy atom. The zero-order chi connectivity index (χ0) is 17.9. The van der Waals surface area contributed by atoms with Crippen LogP contribution >= 0.6 is 0 Å². The highest BCUT2D eigenvalue weighted by atomic mass is 19.1. The number of nitrogens with one attached hydrogen (secondary N) is 2. The summed E-state index contributed by atoms with van der Waals surface area (Å²) in [5.41, 5.74) is 3.95. The minimum absolute atomic E-state index is 0.175. The number of nitriles is 1. The molecule has 130 valence electrons. The molecule has 0 saturated carbocycles. The van der Waals surface area contributed by atoms with Gasteiger partial charge in [-0.05, 0) is 30.2 Å². The normalized spacial score (nSPS) is 12.3. The first-order valence-corrected chi connectivity index (χ1v) is 8.29. The third-order valence-electron chi connectivity index (χ3n) is 4.17. The summed E-state index contributed by atoms with van der Waals surface area (Å²) >= 11 is 0. The summed E-state index contributed by atoms with van der Waals surface area (Å²) in [4.78, 5) is 8.32. The molecule has 0 bridgehead atoms. The van der Waals surface area contributed by atoms with Gasteiger partial charge in [0.1, 0.15) is 5.69 Å². The molecule has 8 heteroatoms. The Bertz CT molecular complexity index is 989. The van der Waals surface area contributed by atoms with Crippen molar-refractivity contribution in [1.29, 1.82) is 5.26 Å². The Hall–Kier alpha value is -3.47. The zero-order valence-corrected chi connectivity index (χ0v) is 13.9. The molecule has 3 heterocycles. The standard InChI is InChI=1S/C18H16FN7/c19-15-10-22-18(24-14-2-3-16-12(8-14)4-6-21-16)25-17(15)13-9-23-26(11-13)7-1-5-20/h2-3,8-11,21H,1,4,6-7H2,(H,22,24,25). The van der Waals surface area contributed by atoms with Crippen molar-refractivity contribution >= 4 is 17.3 Å². The Morgan fingerprint density at radius 1 is 1.35 bits per heavy atom. The van der Waals surface area contributed by atoms with Crippen molar-refractivity contribution in [3.63, 3.8) is 0 Å². The van der Waals surface area contributed by atoms with Crippen molar-refractivity contribution in [3.05, 3.63) is 48.2 Å². The summed E-state index contributed by atoms with van der Waals surface area (Å²) in [6.45, 7) is 1.39. The Morgan fingerprint density at radius 3 is 3.15 bits per heavy atom. The fourth-order valence-electron chi connectivity index (χ4n) is 2.91. The van der Waals surface area contributed by atoms with Gasteiger partial charge >= 0.3 is 0 Å². The smallest absolute Gasteiger partial charge is 0.227 e. The number of hydrogen-bond donors (Lipinski definition) is 2. The van der Waals surface area contributed by atoms with Crippen LogP contribution in [0.15, 0.2) is 36.8 Å². The third-order valence-corrected chi connectivity index (χ3v) is 4.17. The lowest BCUT2D eigenvalue weighted by Gasteiger charge is -2.08. The second kappa shape index (κ2) is 6.80. The zero-order valence-electron chi connectivity index (χ0n) is 13.9. The van der Waals surface area contributed by atoms with Crippen molar-refractivity contribution in [2.75, 3.05) is 17.2 Å². The molecule has 3 aromatic rings. The van der Waals surface area contributed by atoms with Gasteiger partial charge in [0.25, 0.3) is 0 Å². The predicted molar refractivity (Wildman–Crippen MR) is 95.4 cm³/mol. The maximum atomic E-state index is 14.2. The van der Waals surface area contributed by atoms with E-state index >= 15 is 0 Å². The molecule has 2 N–H and O–H groups in total. The number of benzene rings is 1. The van der Waals surface area contributed by atoms with Crippen LogP contribution in [0.2, 0.25) is 0 Å². The summed E-state index contributed by atoms with van der Waals surface area (Å²) in [6, 6.07) is 8.04. The largest absolute Gasteiger partial charge is 0.384 e. The average Bonchev–Trinajstić information content (AvgIpc) is 3.30. The number of aromatic nitrogens is 4. The van der Waals surface area contributed by atoms with Crippen LogP contribution in [-0.4, -0.2) is 26.3 Å². The van der Waals surface area contributed by atoms with E-state index in [1.165, 1.54) is 11.8 Å². The lowest BCUT2D eigenvalue weighted by molar-refractivity contribution is 0.618. The van der Waals surface area contributed by atoms with Gasteiger partial charge in [-0.3, -0.25) is 4.68 Å². The maximum Gasteiger partial charge on any atom is 0.227 e. The van der Waals surface area contributed by atoms with E-state index in [0.717, 1.165) is 30.5 Å². The maximum absolute atomic E-state index is 14.2. The predicted octanol–water partition coefficient (Wildman–Crippen LogP) is 3.10. The highest BCUT2D eigenvalue weighted by Gasteiger charge is 2.13. The van der Waals surface area contributed by atoms with E-state index in [4.69, 9.17) is 5.26 Å². The first-order chi connectivity index (χ1) is 12.7. The molecule has 1 aromatic carbocycles. The van der Waals surface area contributed by atoms with Crippen LogP contribution in [0, 0.1) is 17.1 Å². The first-order valence-electron chi connectivity index (χ1n) is 8.29. The Kier molecular flexibility index (Phi) is 4.19. The van der Waals surface area contributed by atoms with Gasteiger partial charge in [-0.1, -0.05) is 0 Å². The van der Waals surface area contributed by atoms with E-state index in [2.05, 4.69) is 31.8 Å². The van der Waals surface area contributed by atoms with Gasteiger partial charge in [0.15, 0.2) is 5.82 Å². The molecule has 0 atom stereocenters. The fraction of sp³-hybridized carbons (Fsp3) is 0.222. The van der Waals surface area contributed by atoms with Crippen molar-refractivity contribution in [1.82, 2.24) is 19.7 Å². The number of hydrogen-bond acceptors (Lipinski definition) is 6. The van der Waals surface area contributed by atoms with Gasteiger partial charge in [-0.15, -0.1) is 0 Å². The van der Waals surface area contributed by atoms with E-state index in [1.54, 1.807) is 10.9 Å².